The van der Waals surface area contributed by atoms with Gasteiger partial charge in [-0.05, 0) is 36.2 Å². The van der Waals surface area contributed by atoms with E-state index in [0.717, 1.165) is 16.9 Å². The minimum absolute atomic E-state index is 0.175. The number of rotatable bonds is 4. The van der Waals surface area contributed by atoms with E-state index in [9.17, 15) is 9.59 Å². The summed E-state index contributed by atoms with van der Waals surface area (Å²) in [5, 5.41) is 6.33. The number of nitrogens with zero attached hydrogens (tertiary/aromatic N) is 1. The van der Waals surface area contributed by atoms with E-state index in [1.807, 2.05) is 66.7 Å². The molecule has 2 N–H and O–H groups in total. The Labute approximate surface area is 174 Å². The number of amides is 2. The number of carbonyl (C=O) groups is 2. The van der Waals surface area contributed by atoms with Crippen molar-refractivity contribution >= 4 is 23.2 Å². The van der Waals surface area contributed by atoms with Crippen LogP contribution >= 0.6 is 0 Å². The Bertz CT molecular complexity index is 1160. The Morgan fingerprint density at radius 1 is 0.900 bits per heavy atom. The molecule has 6 nitrogen and oxygen atoms in total. The number of hydrogen-bond acceptors (Lipinski definition) is 4. The number of methoxy groups -OCH3 is 1. The fraction of sp³-hybridized carbons (Fsp3) is 0.167. The van der Waals surface area contributed by atoms with Crippen LogP contribution in [0.3, 0.4) is 0 Å². The largest absolute Gasteiger partial charge is 0.496 e. The van der Waals surface area contributed by atoms with E-state index in [1.54, 1.807) is 18.1 Å². The van der Waals surface area contributed by atoms with Crippen molar-refractivity contribution in [2.45, 2.75) is 12.1 Å². The SMILES string of the molecule is COc1ccccc1CCN1C(=O)c2ccccc2N[C@]12C(=O)Nc1ccccc12. The van der Waals surface area contributed by atoms with Crippen molar-refractivity contribution in [1.82, 2.24) is 4.90 Å². The third-order valence-electron chi connectivity index (χ3n) is 5.81. The molecule has 5 rings (SSSR count). The van der Waals surface area contributed by atoms with Gasteiger partial charge in [-0.2, -0.15) is 0 Å². The van der Waals surface area contributed by atoms with Crippen LogP contribution in [0.5, 0.6) is 5.75 Å². The standard InChI is InChI=1S/C24H21N3O3/c1-30-21-13-7-2-8-16(21)14-15-27-22(28)17-9-3-5-11-19(17)26-24(27)18-10-4-6-12-20(18)25-23(24)29/h2-13,26H,14-15H2,1H3,(H,25,29)/t24-/m0/s1. The lowest BCUT2D eigenvalue weighted by molar-refractivity contribution is -0.125. The molecule has 0 fully saturated rings. The van der Waals surface area contributed by atoms with Gasteiger partial charge in [0.2, 0.25) is 5.66 Å². The van der Waals surface area contributed by atoms with Gasteiger partial charge in [-0.15, -0.1) is 0 Å². The van der Waals surface area contributed by atoms with Crippen molar-refractivity contribution in [3.05, 3.63) is 89.5 Å². The number of carbonyl (C=O) groups excluding carboxylic acids is 2. The number of hydrogen-bond donors (Lipinski definition) is 2. The summed E-state index contributed by atoms with van der Waals surface area (Å²) in [5.41, 5.74) is 2.36. The maximum absolute atomic E-state index is 13.6. The van der Waals surface area contributed by atoms with Gasteiger partial charge in [0.15, 0.2) is 0 Å². The van der Waals surface area contributed by atoms with Gasteiger partial charge >= 0.3 is 0 Å². The summed E-state index contributed by atoms with van der Waals surface area (Å²) in [6.45, 7) is 0.349. The van der Waals surface area contributed by atoms with Gasteiger partial charge in [-0.25, -0.2) is 0 Å². The van der Waals surface area contributed by atoms with Crippen LogP contribution in [0.25, 0.3) is 0 Å². The third-order valence-corrected chi connectivity index (χ3v) is 5.81. The molecule has 0 unspecified atom stereocenters. The molecule has 2 aliphatic rings. The molecule has 2 aliphatic heterocycles. The molecule has 3 aromatic rings. The van der Waals surface area contributed by atoms with E-state index in [1.165, 1.54) is 0 Å². The fourth-order valence-corrected chi connectivity index (χ4v) is 4.38. The summed E-state index contributed by atoms with van der Waals surface area (Å²) in [5.74, 6) is 0.332. The molecular weight excluding hydrogens is 378 g/mol. The normalized spacial score (nSPS) is 19.2. The second kappa shape index (κ2) is 6.91. The van der Waals surface area contributed by atoms with Crippen LogP contribution in [0.15, 0.2) is 72.8 Å². The number of ether oxygens (including phenoxy) is 1. The summed E-state index contributed by atoms with van der Waals surface area (Å²) in [6.07, 6.45) is 0.552. The molecule has 2 heterocycles. The third kappa shape index (κ3) is 2.57. The number of para-hydroxylation sites is 3. The van der Waals surface area contributed by atoms with Crippen LogP contribution in [0.4, 0.5) is 11.4 Å². The maximum Gasteiger partial charge on any atom is 0.276 e. The monoisotopic (exact) mass is 399 g/mol. The molecule has 1 atom stereocenters. The highest BCUT2D eigenvalue weighted by atomic mass is 16.5. The van der Waals surface area contributed by atoms with Gasteiger partial charge in [0.05, 0.1) is 12.7 Å². The first-order valence-corrected chi connectivity index (χ1v) is 9.87. The van der Waals surface area contributed by atoms with Crippen molar-refractivity contribution in [3.8, 4) is 5.75 Å². The van der Waals surface area contributed by atoms with Gasteiger partial charge in [-0.3, -0.25) is 9.59 Å². The predicted octanol–water partition coefficient (Wildman–Crippen LogP) is 3.61. The molecule has 0 saturated carbocycles. The van der Waals surface area contributed by atoms with E-state index in [0.29, 0.717) is 29.9 Å². The van der Waals surface area contributed by atoms with Crippen LogP contribution in [0.2, 0.25) is 0 Å². The molecule has 6 heteroatoms. The lowest BCUT2D eigenvalue weighted by Gasteiger charge is -2.44. The number of nitrogens with one attached hydrogen (secondary N) is 2. The predicted molar refractivity (Wildman–Crippen MR) is 115 cm³/mol. The van der Waals surface area contributed by atoms with E-state index >= 15 is 0 Å². The quantitative estimate of drug-likeness (QED) is 0.703. The zero-order valence-electron chi connectivity index (χ0n) is 16.5. The van der Waals surface area contributed by atoms with E-state index in [2.05, 4.69) is 10.6 Å². The molecule has 0 bridgehead atoms. The smallest absolute Gasteiger partial charge is 0.276 e. The number of fused-ring (bicyclic) bond motifs is 3. The molecular formula is C24H21N3O3. The van der Waals surface area contributed by atoms with Gasteiger partial charge < -0.3 is 20.3 Å². The molecule has 0 aromatic heterocycles. The Hall–Kier alpha value is -3.80. The van der Waals surface area contributed by atoms with Crippen molar-refractivity contribution in [3.63, 3.8) is 0 Å². The molecule has 3 aromatic carbocycles. The highest BCUT2D eigenvalue weighted by Gasteiger charge is 2.56. The fourth-order valence-electron chi connectivity index (χ4n) is 4.38. The highest BCUT2D eigenvalue weighted by molar-refractivity contribution is 6.14. The molecule has 2 amide bonds. The van der Waals surface area contributed by atoms with Crippen LogP contribution in [-0.2, 0) is 16.9 Å². The summed E-state index contributed by atoms with van der Waals surface area (Å²) < 4.78 is 5.46. The van der Waals surface area contributed by atoms with Crippen LogP contribution in [0, 0.1) is 0 Å². The van der Waals surface area contributed by atoms with Gasteiger partial charge in [0.1, 0.15) is 5.75 Å². The Balaban J connectivity index is 1.61. The second-order valence-electron chi connectivity index (χ2n) is 7.40. The zero-order chi connectivity index (χ0) is 20.7. The van der Waals surface area contributed by atoms with E-state index < -0.39 is 5.66 Å². The van der Waals surface area contributed by atoms with Crippen molar-refractivity contribution in [2.24, 2.45) is 0 Å². The van der Waals surface area contributed by atoms with Crippen LogP contribution < -0.4 is 15.4 Å². The lowest BCUT2D eigenvalue weighted by Crippen LogP contribution is -2.61. The molecule has 0 radical (unpaired) electrons. The Morgan fingerprint density at radius 2 is 1.60 bits per heavy atom. The molecule has 150 valence electrons. The lowest BCUT2D eigenvalue weighted by atomic mass is 9.92. The number of anilines is 2. The zero-order valence-corrected chi connectivity index (χ0v) is 16.5. The molecule has 0 saturated heterocycles. The first-order valence-electron chi connectivity index (χ1n) is 9.87. The first kappa shape index (κ1) is 18.2. The van der Waals surface area contributed by atoms with E-state index in [-0.39, 0.29) is 11.8 Å². The first-order chi connectivity index (χ1) is 14.6. The molecule has 30 heavy (non-hydrogen) atoms. The Kier molecular flexibility index (Phi) is 4.20. The Morgan fingerprint density at radius 3 is 2.43 bits per heavy atom. The van der Waals surface area contributed by atoms with Crippen LogP contribution in [-0.4, -0.2) is 30.4 Å². The van der Waals surface area contributed by atoms with Gasteiger partial charge in [0, 0.05) is 23.5 Å². The summed E-state index contributed by atoms with van der Waals surface area (Å²) in [4.78, 5) is 28.5. The van der Waals surface area contributed by atoms with Crippen molar-refractivity contribution < 1.29 is 14.3 Å². The minimum atomic E-state index is -1.29. The van der Waals surface area contributed by atoms with Crippen molar-refractivity contribution in [2.75, 3.05) is 24.3 Å². The second-order valence-corrected chi connectivity index (χ2v) is 7.40. The summed E-state index contributed by atoms with van der Waals surface area (Å²) >= 11 is 0. The summed E-state index contributed by atoms with van der Waals surface area (Å²) in [6, 6.07) is 22.5. The maximum atomic E-state index is 13.6. The number of benzene rings is 3. The molecule has 1 spiro atoms. The van der Waals surface area contributed by atoms with Gasteiger partial charge in [-0.1, -0.05) is 48.5 Å². The summed E-state index contributed by atoms with van der Waals surface area (Å²) in [7, 11) is 1.63. The average Bonchev–Trinajstić information content (AvgIpc) is 3.05. The highest BCUT2D eigenvalue weighted by Crippen LogP contribution is 2.45. The minimum Gasteiger partial charge on any atom is -0.496 e. The molecule has 0 aliphatic carbocycles. The van der Waals surface area contributed by atoms with Gasteiger partial charge in [0.25, 0.3) is 11.8 Å². The van der Waals surface area contributed by atoms with Crippen molar-refractivity contribution in [1.29, 1.82) is 0 Å². The average molecular weight is 399 g/mol. The topological polar surface area (TPSA) is 70.7 Å². The van der Waals surface area contributed by atoms with Crippen LogP contribution in [0.1, 0.15) is 21.5 Å². The van der Waals surface area contributed by atoms with E-state index in [4.69, 9.17) is 4.74 Å².